The van der Waals surface area contributed by atoms with Crippen molar-refractivity contribution >= 4 is 0 Å². The fraction of sp³-hybridized carbons (Fsp3) is 0.200. The summed E-state index contributed by atoms with van der Waals surface area (Å²) < 4.78 is 1.81. The van der Waals surface area contributed by atoms with Crippen molar-refractivity contribution in [3.8, 4) is 17.1 Å². The number of hydrogen-bond acceptors (Lipinski definition) is 4. The number of hydrogen-bond donors (Lipinski definition) is 0. The van der Waals surface area contributed by atoms with Crippen molar-refractivity contribution < 1.29 is 0 Å². The topological polar surface area (TPSA) is 56.5 Å². The fourth-order valence-electron chi connectivity index (χ4n) is 1.94. The van der Waals surface area contributed by atoms with Gasteiger partial charge in [-0.1, -0.05) is 26.0 Å². The Kier molecular flexibility index (Phi) is 3.25. The Balaban J connectivity index is 2.02. The third-order valence-electron chi connectivity index (χ3n) is 2.98. The molecule has 0 aliphatic heterocycles. The summed E-state index contributed by atoms with van der Waals surface area (Å²) in [4.78, 5) is 13.0. The molecule has 0 saturated carbocycles. The molecule has 20 heavy (non-hydrogen) atoms. The van der Waals surface area contributed by atoms with E-state index in [0.29, 0.717) is 5.82 Å². The van der Waals surface area contributed by atoms with Gasteiger partial charge in [0, 0.05) is 23.9 Å². The van der Waals surface area contributed by atoms with Crippen LogP contribution in [0.2, 0.25) is 0 Å². The average Bonchev–Trinajstić information content (AvgIpc) is 3.02. The first-order valence-corrected chi connectivity index (χ1v) is 6.53. The molecule has 0 aliphatic rings. The third kappa shape index (κ3) is 2.42. The number of nitrogens with zero attached hydrogens (tertiary/aromatic N) is 5. The molecule has 0 spiro atoms. The summed E-state index contributed by atoms with van der Waals surface area (Å²) in [6.07, 6.45) is 5.23. The van der Waals surface area contributed by atoms with Crippen molar-refractivity contribution in [2.45, 2.75) is 19.8 Å². The summed E-state index contributed by atoms with van der Waals surface area (Å²) >= 11 is 0. The minimum absolute atomic E-state index is 0.283. The average molecular weight is 265 g/mol. The van der Waals surface area contributed by atoms with Crippen LogP contribution in [0.15, 0.2) is 49.1 Å². The van der Waals surface area contributed by atoms with Crippen LogP contribution >= 0.6 is 0 Å². The summed E-state index contributed by atoms with van der Waals surface area (Å²) in [6, 6.07) is 9.89. The van der Waals surface area contributed by atoms with Crippen LogP contribution in [0.4, 0.5) is 0 Å². The lowest BCUT2D eigenvalue weighted by atomic mass is 10.1. The van der Waals surface area contributed by atoms with E-state index in [1.54, 1.807) is 12.5 Å². The van der Waals surface area contributed by atoms with Crippen molar-refractivity contribution in [2.24, 2.45) is 0 Å². The van der Waals surface area contributed by atoms with E-state index in [4.69, 9.17) is 0 Å². The summed E-state index contributed by atoms with van der Waals surface area (Å²) in [5.74, 6) is 1.78. The molecule has 0 saturated heterocycles. The Morgan fingerprint density at radius 2 is 2.00 bits per heavy atom. The normalized spacial score (nSPS) is 10.9. The predicted octanol–water partition coefficient (Wildman–Crippen LogP) is 2.85. The molecule has 0 aliphatic carbocycles. The van der Waals surface area contributed by atoms with E-state index in [0.717, 1.165) is 17.1 Å². The Bertz CT molecular complexity index is 704. The van der Waals surface area contributed by atoms with Gasteiger partial charge in [-0.3, -0.25) is 0 Å². The maximum atomic E-state index is 4.51. The van der Waals surface area contributed by atoms with Crippen molar-refractivity contribution in [1.29, 1.82) is 0 Å². The van der Waals surface area contributed by atoms with Crippen LogP contribution in [0.1, 0.15) is 25.6 Å². The minimum atomic E-state index is 0.283. The van der Waals surface area contributed by atoms with Gasteiger partial charge in [-0.05, 0) is 18.2 Å². The molecule has 100 valence electrons. The zero-order valence-corrected chi connectivity index (χ0v) is 11.4. The summed E-state index contributed by atoms with van der Waals surface area (Å²) in [7, 11) is 0. The molecule has 0 fully saturated rings. The van der Waals surface area contributed by atoms with E-state index in [2.05, 4.69) is 33.9 Å². The van der Waals surface area contributed by atoms with Gasteiger partial charge < -0.3 is 0 Å². The van der Waals surface area contributed by atoms with Gasteiger partial charge in [0.1, 0.15) is 12.2 Å². The molecule has 0 radical (unpaired) electrons. The molecule has 3 aromatic rings. The molecule has 0 N–H and O–H groups in total. The highest BCUT2D eigenvalue weighted by Crippen LogP contribution is 2.19. The van der Waals surface area contributed by atoms with Crippen molar-refractivity contribution in [3.63, 3.8) is 0 Å². The summed E-state index contributed by atoms with van der Waals surface area (Å²) in [5, 5.41) is 4.23. The highest BCUT2D eigenvalue weighted by Gasteiger charge is 2.08. The lowest BCUT2D eigenvalue weighted by Crippen LogP contribution is -2.01. The van der Waals surface area contributed by atoms with Gasteiger partial charge in [0.15, 0.2) is 5.82 Å². The predicted molar refractivity (Wildman–Crippen MR) is 76.5 cm³/mol. The Hall–Kier alpha value is -2.56. The van der Waals surface area contributed by atoms with Crippen LogP contribution in [0.25, 0.3) is 17.1 Å². The molecular weight excluding hydrogens is 250 g/mol. The van der Waals surface area contributed by atoms with Crippen molar-refractivity contribution in [3.05, 3.63) is 54.9 Å². The van der Waals surface area contributed by atoms with Gasteiger partial charge in [-0.25, -0.2) is 19.6 Å². The summed E-state index contributed by atoms with van der Waals surface area (Å²) in [5.41, 5.74) is 1.95. The largest absolute Gasteiger partial charge is 0.241 e. The number of aromatic nitrogens is 5. The van der Waals surface area contributed by atoms with Gasteiger partial charge in [-0.2, -0.15) is 5.10 Å². The highest BCUT2D eigenvalue weighted by molar-refractivity contribution is 5.58. The van der Waals surface area contributed by atoms with Crippen LogP contribution in [0.3, 0.4) is 0 Å². The Labute approximate surface area is 117 Å². The van der Waals surface area contributed by atoms with Crippen LogP contribution in [-0.4, -0.2) is 24.7 Å². The zero-order valence-electron chi connectivity index (χ0n) is 11.4. The highest BCUT2D eigenvalue weighted by atomic mass is 15.3. The molecule has 0 bridgehead atoms. The second-order valence-corrected chi connectivity index (χ2v) is 4.82. The van der Waals surface area contributed by atoms with Crippen LogP contribution in [0.5, 0.6) is 0 Å². The van der Waals surface area contributed by atoms with Crippen LogP contribution in [-0.2, 0) is 0 Å². The van der Waals surface area contributed by atoms with Gasteiger partial charge in [0.2, 0.25) is 0 Å². The number of rotatable bonds is 3. The lowest BCUT2D eigenvalue weighted by Gasteiger charge is -2.07. The van der Waals surface area contributed by atoms with E-state index >= 15 is 0 Å². The van der Waals surface area contributed by atoms with E-state index < -0.39 is 0 Å². The quantitative estimate of drug-likeness (QED) is 0.730. The molecular formula is C15H15N5. The van der Waals surface area contributed by atoms with Crippen molar-refractivity contribution in [2.75, 3.05) is 0 Å². The van der Waals surface area contributed by atoms with Crippen molar-refractivity contribution in [1.82, 2.24) is 24.7 Å². The number of benzene rings is 1. The van der Waals surface area contributed by atoms with E-state index in [1.165, 1.54) is 0 Å². The molecule has 2 aromatic heterocycles. The third-order valence-corrected chi connectivity index (χ3v) is 2.98. The first-order chi connectivity index (χ1) is 9.74. The molecule has 2 heterocycles. The first-order valence-electron chi connectivity index (χ1n) is 6.53. The Morgan fingerprint density at radius 3 is 2.75 bits per heavy atom. The fourth-order valence-corrected chi connectivity index (χ4v) is 1.94. The van der Waals surface area contributed by atoms with Gasteiger partial charge in [0.25, 0.3) is 0 Å². The molecule has 0 atom stereocenters. The molecule has 1 aromatic carbocycles. The molecule has 5 nitrogen and oxygen atoms in total. The first kappa shape index (κ1) is 12.5. The van der Waals surface area contributed by atoms with E-state index in [9.17, 15) is 0 Å². The zero-order chi connectivity index (χ0) is 13.9. The minimum Gasteiger partial charge on any atom is -0.241 e. The molecule has 3 rings (SSSR count). The van der Waals surface area contributed by atoms with Gasteiger partial charge >= 0.3 is 0 Å². The van der Waals surface area contributed by atoms with Crippen LogP contribution in [0, 0.1) is 0 Å². The Morgan fingerprint density at radius 1 is 1.10 bits per heavy atom. The van der Waals surface area contributed by atoms with E-state index in [-0.39, 0.29) is 5.92 Å². The van der Waals surface area contributed by atoms with Crippen LogP contribution < -0.4 is 0 Å². The maximum Gasteiger partial charge on any atom is 0.163 e. The van der Waals surface area contributed by atoms with E-state index in [1.807, 2.05) is 41.2 Å². The molecule has 5 heteroatoms. The van der Waals surface area contributed by atoms with Gasteiger partial charge in [0.05, 0.1) is 5.69 Å². The smallest absolute Gasteiger partial charge is 0.163 e. The maximum absolute atomic E-state index is 4.51. The standard InChI is InChI=1S/C15H15N5/c1-11(2)14-16-10-17-15(19-14)12-5-3-6-13(9-12)20-8-4-7-18-20/h3-11H,1-2H3. The molecule has 0 amide bonds. The SMILES string of the molecule is CC(C)c1ncnc(-c2cccc(-n3cccn3)c2)n1. The second-order valence-electron chi connectivity index (χ2n) is 4.82. The summed E-state index contributed by atoms with van der Waals surface area (Å²) in [6.45, 7) is 4.14. The van der Waals surface area contributed by atoms with Gasteiger partial charge in [-0.15, -0.1) is 0 Å². The second kappa shape index (κ2) is 5.21. The molecule has 0 unspecified atom stereocenters. The lowest BCUT2D eigenvalue weighted by molar-refractivity contribution is 0.762. The monoisotopic (exact) mass is 265 g/mol.